The second kappa shape index (κ2) is 5.48. The Bertz CT molecular complexity index is 508. The van der Waals surface area contributed by atoms with Gasteiger partial charge in [-0.1, -0.05) is 23.4 Å². The van der Waals surface area contributed by atoms with Crippen LogP contribution in [-0.2, 0) is 0 Å². The predicted octanol–water partition coefficient (Wildman–Crippen LogP) is 4.81. The van der Waals surface area contributed by atoms with Gasteiger partial charge in [0.15, 0.2) is 0 Å². The molecule has 2 aromatic carbocycles. The average Bonchev–Trinajstić information content (AvgIpc) is 2.35. The Kier molecular flexibility index (Phi) is 3.97. The van der Waals surface area contributed by atoms with Gasteiger partial charge in [0, 0.05) is 14.8 Å². The van der Waals surface area contributed by atoms with Gasteiger partial charge in [-0.3, -0.25) is 0 Å². The monoisotopic (exact) mass is 264 g/mol. The van der Waals surface area contributed by atoms with Crippen molar-refractivity contribution in [2.45, 2.75) is 16.7 Å². The van der Waals surface area contributed by atoms with E-state index < -0.39 is 0 Å². The normalized spacial score (nSPS) is 10.3. The van der Waals surface area contributed by atoms with Crippen LogP contribution in [-0.4, -0.2) is 7.11 Å². The molecule has 0 aliphatic heterocycles. The Morgan fingerprint density at radius 1 is 1.00 bits per heavy atom. The van der Waals surface area contributed by atoms with Gasteiger partial charge in [0.25, 0.3) is 0 Å². The van der Waals surface area contributed by atoms with Gasteiger partial charge in [-0.15, -0.1) is 0 Å². The Morgan fingerprint density at radius 2 is 1.65 bits per heavy atom. The lowest BCUT2D eigenvalue weighted by Gasteiger charge is -2.05. The number of aryl methyl sites for hydroxylation is 1. The van der Waals surface area contributed by atoms with Crippen LogP contribution in [0.25, 0.3) is 0 Å². The highest BCUT2D eigenvalue weighted by Gasteiger charge is 2.00. The van der Waals surface area contributed by atoms with Gasteiger partial charge in [0.2, 0.25) is 0 Å². The van der Waals surface area contributed by atoms with Crippen molar-refractivity contribution >= 4 is 23.4 Å². The predicted molar refractivity (Wildman–Crippen MR) is 73.3 cm³/mol. The number of rotatable bonds is 3. The molecule has 0 saturated carbocycles. The fraction of sp³-hybridized carbons (Fsp3) is 0.143. The summed E-state index contributed by atoms with van der Waals surface area (Å²) in [7, 11) is 1.67. The highest BCUT2D eigenvalue weighted by Crippen LogP contribution is 2.31. The van der Waals surface area contributed by atoms with Gasteiger partial charge >= 0.3 is 0 Å². The van der Waals surface area contributed by atoms with Crippen LogP contribution in [0.2, 0.25) is 5.02 Å². The highest BCUT2D eigenvalue weighted by molar-refractivity contribution is 7.99. The minimum atomic E-state index is 0.809. The van der Waals surface area contributed by atoms with Crippen molar-refractivity contribution in [2.24, 2.45) is 0 Å². The molecule has 0 N–H and O–H groups in total. The Morgan fingerprint density at radius 3 is 2.24 bits per heavy atom. The highest BCUT2D eigenvalue weighted by atomic mass is 35.5. The number of hydrogen-bond donors (Lipinski definition) is 0. The molecule has 0 saturated heterocycles. The first-order valence-electron chi connectivity index (χ1n) is 5.27. The summed E-state index contributed by atoms with van der Waals surface area (Å²) in [6.45, 7) is 2.01. The van der Waals surface area contributed by atoms with E-state index >= 15 is 0 Å². The van der Waals surface area contributed by atoms with E-state index in [0.717, 1.165) is 16.3 Å². The molecule has 0 unspecified atom stereocenters. The third-order valence-electron chi connectivity index (χ3n) is 2.42. The van der Waals surface area contributed by atoms with E-state index in [4.69, 9.17) is 16.3 Å². The molecule has 0 bridgehead atoms. The minimum absolute atomic E-state index is 0.809. The second-order valence-electron chi connectivity index (χ2n) is 3.69. The molecule has 88 valence electrons. The zero-order chi connectivity index (χ0) is 12.3. The summed E-state index contributed by atoms with van der Waals surface area (Å²) < 4.78 is 5.13. The van der Waals surface area contributed by atoms with Crippen molar-refractivity contribution < 1.29 is 4.74 Å². The Balaban J connectivity index is 2.16. The molecule has 0 heterocycles. The van der Waals surface area contributed by atoms with E-state index in [0.29, 0.717) is 0 Å². The maximum atomic E-state index is 6.00. The molecule has 0 aromatic heterocycles. The minimum Gasteiger partial charge on any atom is -0.497 e. The van der Waals surface area contributed by atoms with Crippen LogP contribution in [0.4, 0.5) is 0 Å². The molecule has 1 nitrogen and oxygen atoms in total. The molecule has 17 heavy (non-hydrogen) atoms. The molecule has 2 aromatic rings. The molecule has 0 atom stereocenters. The quantitative estimate of drug-likeness (QED) is 0.787. The van der Waals surface area contributed by atoms with E-state index in [9.17, 15) is 0 Å². The number of hydrogen-bond acceptors (Lipinski definition) is 2. The average molecular weight is 265 g/mol. The maximum absolute atomic E-state index is 6.00. The summed E-state index contributed by atoms with van der Waals surface area (Å²) >= 11 is 7.71. The molecular formula is C14H13ClOS. The smallest absolute Gasteiger partial charge is 0.118 e. The Labute approximate surface area is 111 Å². The van der Waals surface area contributed by atoms with Gasteiger partial charge in [-0.2, -0.15) is 0 Å². The van der Waals surface area contributed by atoms with Crippen molar-refractivity contribution in [2.75, 3.05) is 7.11 Å². The summed E-state index contributed by atoms with van der Waals surface area (Å²) in [5.41, 5.74) is 1.10. The molecule has 0 amide bonds. The first-order valence-corrected chi connectivity index (χ1v) is 6.46. The van der Waals surface area contributed by atoms with Gasteiger partial charge in [-0.25, -0.2) is 0 Å². The lowest BCUT2D eigenvalue weighted by atomic mass is 10.2. The zero-order valence-electron chi connectivity index (χ0n) is 9.74. The van der Waals surface area contributed by atoms with E-state index in [1.54, 1.807) is 18.9 Å². The van der Waals surface area contributed by atoms with Crippen molar-refractivity contribution in [3.8, 4) is 5.75 Å². The molecule has 0 aliphatic rings. The summed E-state index contributed by atoms with van der Waals surface area (Å²) in [5, 5.41) is 0.809. The van der Waals surface area contributed by atoms with Gasteiger partial charge in [0.1, 0.15) is 5.75 Å². The lowest BCUT2D eigenvalue weighted by Crippen LogP contribution is -1.82. The van der Waals surface area contributed by atoms with Gasteiger partial charge in [-0.05, 0) is 55.0 Å². The fourth-order valence-corrected chi connectivity index (χ4v) is 2.49. The third-order valence-corrected chi connectivity index (χ3v) is 3.85. The molecule has 0 aliphatic carbocycles. The molecule has 0 spiro atoms. The number of methoxy groups -OCH3 is 1. The third kappa shape index (κ3) is 3.18. The summed E-state index contributed by atoms with van der Waals surface area (Å²) in [4.78, 5) is 2.38. The van der Waals surface area contributed by atoms with Gasteiger partial charge in [0.05, 0.1) is 7.11 Å². The van der Waals surface area contributed by atoms with Crippen molar-refractivity contribution in [1.82, 2.24) is 0 Å². The first-order chi connectivity index (χ1) is 8.19. The fourth-order valence-electron chi connectivity index (χ4n) is 1.46. The molecule has 0 fully saturated rings. The van der Waals surface area contributed by atoms with E-state index in [1.165, 1.54) is 9.79 Å². The summed E-state index contributed by atoms with van der Waals surface area (Å²) in [6, 6.07) is 14.1. The number of halogens is 1. The van der Waals surface area contributed by atoms with Crippen LogP contribution in [0.1, 0.15) is 5.56 Å². The number of benzene rings is 2. The molecule has 0 radical (unpaired) electrons. The standard InChI is InChI=1S/C14H13ClOS/c1-10-9-13(7-8-14(10)15)17-12-5-3-11(16-2)4-6-12/h3-9H,1-2H3. The summed E-state index contributed by atoms with van der Waals surface area (Å²) in [5.74, 6) is 0.877. The van der Waals surface area contributed by atoms with Crippen molar-refractivity contribution in [3.63, 3.8) is 0 Å². The lowest BCUT2D eigenvalue weighted by molar-refractivity contribution is 0.414. The van der Waals surface area contributed by atoms with Crippen LogP contribution in [0.15, 0.2) is 52.3 Å². The SMILES string of the molecule is COc1ccc(Sc2ccc(Cl)c(C)c2)cc1. The van der Waals surface area contributed by atoms with E-state index in [-0.39, 0.29) is 0 Å². The zero-order valence-corrected chi connectivity index (χ0v) is 11.3. The van der Waals surface area contributed by atoms with Crippen molar-refractivity contribution in [3.05, 3.63) is 53.1 Å². The van der Waals surface area contributed by atoms with Crippen LogP contribution >= 0.6 is 23.4 Å². The Hall–Kier alpha value is -1.12. The van der Waals surface area contributed by atoms with Crippen LogP contribution in [0.3, 0.4) is 0 Å². The van der Waals surface area contributed by atoms with Crippen LogP contribution in [0, 0.1) is 6.92 Å². The van der Waals surface area contributed by atoms with E-state index in [2.05, 4.69) is 6.07 Å². The summed E-state index contributed by atoms with van der Waals surface area (Å²) in [6.07, 6.45) is 0. The molecule has 3 heteroatoms. The number of ether oxygens (including phenoxy) is 1. The largest absolute Gasteiger partial charge is 0.497 e. The topological polar surface area (TPSA) is 9.23 Å². The molecular weight excluding hydrogens is 252 g/mol. The maximum Gasteiger partial charge on any atom is 0.118 e. The first kappa shape index (κ1) is 12.3. The van der Waals surface area contributed by atoms with Gasteiger partial charge < -0.3 is 4.74 Å². The van der Waals surface area contributed by atoms with Crippen molar-refractivity contribution in [1.29, 1.82) is 0 Å². The van der Waals surface area contributed by atoms with Crippen LogP contribution in [0.5, 0.6) is 5.75 Å². The molecule has 2 rings (SSSR count). The van der Waals surface area contributed by atoms with Crippen LogP contribution < -0.4 is 4.74 Å². The second-order valence-corrected chi connectivity index (χ2v) is 5.24. The van der Waals surface area contributed by atoms with E-state index in [1.807, 2.05) is 43.3 Å².